The lowest BCUT2D eigenvalue weighted by molar-refractivity contribution is 0.385. The van der Waals surface area contributed by atoms with Crippen LogP contribution in [0.25, 0.3) is 0 Å². The van der Waals surface area contributed by atoms with E-state index in [2.05, 4.69) is 24.4 Å². The van der Waals surface area contributed by atoms with Crippen molar-refractivity contribution >= 4 is 0 Å². The van der Waals surface area contributed by atoms with E-state index in [-0.39, 0.29) is 11.6 Å². The van der Waals surface area contributed by atoms with Gasteiger partial charge in [-0.2, -0.15) is 0 Å². The number of ether oxygens (including phenoxy) is 1. The van der Waals surface area contributed by atoms with E-state index in [0.29, 0.717) is 12.6 Å². The fourth-order valence-corrected chi connectivity index (χ4v) is 2.42. The number of nitrogens with one attached hydrogen (secondary N) is 1. The number of methoxy groups -OCH3 is 1. The molecule has 0 aromatic heterocycles. The normalized spacial score (nSPS) is 12.1. The van der Waals surface area contributed by atoms with Gasteiger partial charge >= 0.3 is 0 Å². The highest BCUT2D eigenvalue weighted by molar-refractivity contribution is 5.29. The zero-order valence-electron chi connectivity index (χ0n) is 12.6. The van der Waals surface area contributed by atoms with Crippen molar-refractivity contribution in [3.8, 4) is 5.75 Å². The van der Waals surface area contributed by atoms with Gasteiger partial charge in [0.25, 0.3) is 0 Å². The summed E-state index contributed by atoms with van der Waals surface area (Å²) in [6.45, 7) is 2.81. The molecule has 0 heterocycles. The molecule has 0 fully saturated rings. The van der Waals surface area contributed by atoms with Gasteiger partial charge in [-0.25, -0.2) is 4.39 Å². The Bertz CT molecular complexity index is 556. The summed E-state index contributed by atoms with van der Waals surface area (Å²) in [5.74, 6) is -0.0320. The fraction of sp³-hybridized carbons (Fsp3) is 0.333. The van der Waals surface area contributed by atoms with E-state index < -0.39 is 0 Å². The first-order chi connectivity index (χ1) is 10.2. The monoisotopic (exact) mass is 287 g/mol. The van der Waals surface area contributed by atoms with Crippen LogP contribution in [0.3, 0.4) is 0 Å². The van der Waals surface area contributed by atoms with E-state index in [1.165, 1.54) is 18.7 Å². The number of halogens is 1. The molecule has 0 saturated carbocycles. The van der Waals surface area contributed by atoms with Gasteiger partial charge in [-0.1, -0.05) is 49.7 Å². The third kappa shape index (κ3) is 4.30. The minimum atomic E-state index is -0.316. The van der Waals surface area contributed by atoms with Crippen molar-refractivity contribution in [1.82, 2.24) is 5.32 Å². The van der Waals surface area contributed by atoms with Gasteiger partial charge in [0.1, 0.15) is 0 Å². The Labute approximate surface area is 126 Å². The van der Waals surface area contributed by atoms with Crippen molar-refractivity contribution in [3.05, 3.63) is 65.5 Å². The van der Waals surface area contributed by atoms with Crippen LogP contribution in [0.1, 0.15) is 36.9 Å². The van der Waals surface area contributed by atoms with Crippen LogP contribution in [0.5, 0.6) is 5.75 Å². The lowest BCUT2D eigenvalue weighted by Crippen LogP contribution is -2.20. The SMILES string of the molecule is CCCC(NCc1ccc(OC)c(F)c1)c1ccccc1. The minimum Gasteiger partial charge on any atom is -0.494 e. The summed E-state index contributed by atoms with van der Waals surface area (Å²) in [6.07, 6.45) is 2.16. The number of rotatable bonds is 7. The standard InChI is InChI=1S/C18H22FNO/c1-3-7-17(15-8-5-4-6-9-15)20-13-14-10-11-18(21-2)16(19)12-14/h4-6,8-12,17,20H,3,7,13H2,1-2H3. The molecule has 0 radical (unpaired) electrons. The summed E-state index contributed by atoms with van der Waals surface area (Å²) in [4.78, 5) is 0. The van der Waals surface area contributed by atoms with Crippen LogP contribution in [0, 0.1) is 5.82 Å². The van der Waals surface area contributed by atoms with E-state index in [9.17, 15) is 4.39 Å². The first kappa shape index (κ1) is 15.5. The van der Waals surface area contributed by atoms with Crippen LogP contribution in [-0.2, 0) is 6.54 Å². The molecule has 0 amide bonds. The van der Waals surface area contributed by atoms with Crippen molar-refractivity contribution in [2.75, 3.05) is 7.11 Å². The maximum atomic E-state index is 13.7. The molecule has 1 N–H and O–H groups in total. The predicted octanol–water partition coefficient (Wildman–Crippen LogP) is 4.47. The quantitative estimate of drug-likeness (QED) is 0.811. The van der Waals surface area contributed by atoms with E-state index >= 15 is 0 Å². The minimum absolute atomic E-state index is 0.284. The molecule has 3 heteroatoms. The third-order valence-corrected chi connectivity index (χ3v) is 3.55. The van der Waals surface area contributed by atoms with Crippen LogP contribution < -0.4 is 10.1 Å². The highest BCUT2D eigenvalue weighted by Crippen LogP contribution is 2.21. The van der Waals surface area contributed by atoms with E-state index in [1.54, 1.807) is 6.07 Å². The van der Waals surface area contributed by atoms with Gasteiger partial charge in [0.2, 0.25) is 0 Å². The fourth-order valence-electron chi connectivity index (χ4n) is 2.42. The van der Waals surface area contributed by atoms with Crippen LogP contribution in [0.4, 0.5) is 4.39 Å². The second-order valence-electron chi connectivity index (χ2n) is 5.10. The Morgan fingerprint density at radius 1 is 1.14 bits per heavy atom. The van der Waals surface area contributed by atoms with Crippen molar-refractivity contribution in [1.29, 1.82) is 0 Å². The molecule has 0 aliphatic heterocycles. The molecule has 0 bridgehead atoms. The lowest BCUT2D eigenvalue weighted by atomic mass is 10.0. The van der Waals surface area contributed by atoms with Crippen LogP contribution in [0.15, 0.2) is 48.5 Å². The number of hydrogen-bond donors (Lipinski definition) is 1. The van der Waals surface area contributed by atoms with Crippen LogP contribution >= 0.6 is 0 Å². The molecule has 0 aliphatic carbocycles. The smallest absolute Gasteiger partial charge is 0.165 e. The van der Waals surface area contributed by atoms with E-state index in [4.69, 9.17) is 4.74 Å². The largest absolute Gasteiger partial charge is 0.494 e. The molecule has 21 heavy (non-hydrogen) atoms. The van der Waals surface area contributed by atoms with Crippen LogP contribution in [-0.4, -0.2) is 7.11 Å². The van der Waals surface area contributed by atoms with Gasteiger partial charge in [0, 0.05) is 12.6 Å². The van der Waals surface area contributed by atoms with Gasteiger partial charge in [-0.05, 0) is 29.7 Å². The highest BCUT2D eigenvalue weighted by atomic mass is 19.1. The summed E-state index contributed by atoms with van der Waals surface area (Å²) in [5.41, 5.74) is 2.19. The van der Waals surface area contributed by atoms with Gasteiger partial charge in [-0.15, -0.1) is 0 Å². The molecule has 1 unspecified atom stereocenters. The summed E-state index contributed by atoms with van der Waals surface area (Å²) < 4.78 is 18.6. The third-order valence-electron chi connectivity index (χ3n) is 3.55. The van der Waals surface area contributed by atoms with Crippen molar-refractivity contribution in [3.63, 3.8) is 0 Å². The van der Waals surface area contributed by atoms with E-state index in [1.807, 2.05) is 24.3 Å². The Hall–Kier alpha value is -1.87. The average Bonchev–Trinajstić information content (AvgIpc) is 2.52. The van der Waals surface area contributed by atoms with Gasteiger partial charge < -0.3 is 10.1 Å². The van der Waals surface area contributed by atoms with E-state index in [0.717, 1.165) is 18.4 Å². The summed E-state index contributed by atoms with van der Waals surface area (Å²) in [7, 11) is 1.48. The molecule has 0 saturated heterocycles. The maximum absolute atomic E-state index is 13.7. The molecular formula is C18H22FNO. The van der Waals surface area contributed by atoms with Crippen molar-refractivity contribution in [2.45, 2.75) is 32.4 Å². The molecule has 2 rings (SSSR count). The lowest BCUT2D eigenvalue weighted by Gasteiger charge is -2.19. The Morgan fingerprint density at radius 2 is 1.90 bits per heavy atom. The Morgan fingerprint density at radius 3 is 2.52 bits per heavy atom. The van der Waals surface area contributed by atoms with Crippen molar-refractivity contribution < 1.29 is 9.13 Å². The van der Waals surface area contributed by atoms with Gasteiger partial charge in [0.15, 0.2) is 11.6 Å². The first-order valence-electron chi connectivity index (χ1n) is 7.35. The summed E-state index contributed by atoms with van der Waals surface area (Å²) >= 11 is 0. The second kappa shape index (κ2) is 7.79. The molecule has 1 atom stereocenters. The molecule has 2 nitrogen and oxygen atoms in total. The van der Waals surface area contributed by atoms with Gasteiger partial charge in [0.05, 0.1) is 7.11 Å². The Balaban J connectivity index is 2.03. The van der Waals surface area contributed by atoms with Gasteiger partial charge in [-0.3, -0.25) is 0 Å². The molecule has 0 aliphatic rings. The molecule has 2 aromatic rings. The predicted molar refractivity (Wildman–Crippen MR) is 83.9 cm³/mol. The zero-order valence-corrected chi connectivity index (χ0v) is 12.6. The topological polar surface area (TPSA) is 21.3 Å². The Kier molecular flexibility index (Phi) is 5.76. The molecular weight excluding hydrogens is 265 g/mol. The van der Waals surface area contributed by atoms with Crippen LogP contribution in [0.2, 0.25) is 0 Å². The van der Waals surface area contributed by atoms with Crippen molar-refractivity contribution in [2.24, 2.45) is 0 Å². The maximum Gasteiger partial charge on any atom is 0.165 e. The molecule has 2 aromatic carbocycles. The zero-order chi connectivity index (χ0) is 15.1. The second-order valence-corrected chi connectivity index (χ2v) is 5.10. The summed E-state index contributed by atoms with van der Waals surface area (Å²) in [5, 5.41) is 3.51. The molecule has 112 valence electrons. The highest BCUT2D eigenvalue weighted by Gasteiger charge is 2.10. The first-order valence-corrected chi connectivity index (χ1v) is 7.35. The molecule has 0 spiro atoms. The summed E-state index contributed by atoms with van der Waals surface area (Å²) in [6, 6.07) is 15.8. The number of hydrogen-bond acceptors (Lipinski definition) is 2. The number of benzene rings is 2. The average molecular weight is 287 g/mol.